The molecule has 1 aromatic heterocycles. The summed E-state index contributed by atoms with van der Waals surface area (Å²) in [5, 5.41) is 25.5. The van der Waals surface area contributed by atoms with Gasteiger partial charge in [-0.05, 0) is 24.4 Å². The fourth-order valence-electron chi connectivity index (χ4n) is 1.91. The Balaban J connectivity index is 1.97. The number of carbonyl (C=O) groups is 2. The zero-order valence-electron chi connectivity index (χ0n) is 11.6. The highest BCUT2D eigenvalue weighted by molar-refractivity contribution is 7.73. The third kappa shape index (κ3) is 3.00. The van der Waals surface area contributed by atoms with Crippen molar-refractivity contribution in [1.82, 2.24) is 10.2 Å². The third-order valence-electron chi connectivity index (χ3n) is 2.88. The third-order valence-corrected chi connectivity index (χ3v) is 3.86. The van der Waals surface area contributed by atoms with Crippen molar-refractivity contribution in [3.05, 3.63) is 44.4 Å². The summed E-state index contributed by atoms with van der Waals surface area (Å²) in [4.78, 5) is 34.7. The smallest absolute Gasteiger partial charge is 0.269 e. The van der Waals surface area contributed by atoms with Crippen LogP contribution in [0.2, 0.25) is 0 Å². The topological polar surface area (TPSA) is 134 Å². The molecule has 0 atom stereocenters. The van der Waals surface area contributed by atoms with Gasteiger partial charge in [-0.15, -0.1) is 15.3 Å². The number of azo groups is 1. The van der Waals surface area contributed by atoms with Gasteiger partial charge in [0, 0.05) is 18.2 Å². The Bertz CT molecular complexity index is 958. The van der Waals surface area contributed by atoms with E-state index in [1.54, 1.807) is 0 Å². The minimum atomic E-state index is -0.703. The predicted octanol–water partition coefficient (Wildman–Crippen LogP) is 2.95. The molecule has 0 bridgehead atoms. The van der Waals surface area contributed by atoms with Crippen LogP contribution in [0.3, 0.4) is 0 Å². The van der Waals surface area contributed by atoms with Crippen LogP contribution in [0, 0.1) is 14.1 Å². The molecule has 1 N–H and O–H groups in total. The Labute approximate surface area is 142 Å². The van der Waals surface area contributed by atoms with Crippen LogP contribution in [-0.4, -0.2) is 26.9 Å². The number of amides is 2. The highest BCUT2D eigenvalue weighted by atomic mass is 32.1. The molecule has 0 saturated heterocycles. The molecule has 0 aliphatic carbocycles. The van der Waals surface area contributed by atoms with Gasteiger partial charge in [0.15, 0.2) is 3.95 Å². The number of hydrogen-bond donors (Lipinski definition) is 1. The standard InChI is InChI=1S/C12H6N6O4S2/c19-9-3-4-10(20)17(9)7-2-1-6(5-8(7)18(21)22)13-14-11-15-16-12(23)24-11/h1-5H,(H,16,23). The van der Waals surface area contributed by atoms with Crippen LogP contribution in [0.15, 0.2) is 40.6 Å². The van der Waals surface area contributed by atoms with Crippen LogP contribution in [0.1, 0.15) is 0 Å². The molecule has 12 heteroatoms. The van der Waals surface area contributed by atoms with Crippen molar-refractivity contribution in [1.29, 1.82) is 0 Å². The molecule has 10 nitrogen and oxygen atoms in total. The number of carbonyl (C=O) groups excluding carboxylic acids is 2. The van der Waals surface area contributed by atoms with Crippen LogP contribution < -0.4 is 4.90 Å². The van der Waals surface area contributed by atoms with E-state index in [0.717, 1.165) is 34.5 Å². The average Bonchev–Trinajstić information content (AvgIpc) is 3.11. The Morgan fingerprint density at radius 3 is 2.54 bits per heavy atom. The minimum Gasteiger partial charge on any atom is -0.269 e. The SMILES string of the molecule is O=C1C=CC(=O)N1c1ccc(N=Nc2n[nH]c(=S)s2)cc1[N+](=O)[O-]. The number of rotatable bonds is 4. The first-order valence-electron chi connectivity index (χ1n) is 6.27. The summed E-state index contributed by atoms with van der Waals surface area (Å²) in [6.45, 7) is 0. The largest absolute Gasteiger partial charge is 0.295 e. The highest BCUT2D eigenvalue weighted by Crippen LogP contribution is 2.34. The molecule has 0 fully saturated rings. The monoisotopic (exact) mass is 362 g/mol. The molecule has 0 radical (unpaired) electrons. The number of hydrogen-bond acceptors (Lipinski definition) is 9. The molecule has 120 valence electrons. The second kappa shape index (κ2) is 6.17. The highest BCUT2D eigenvalue weighted by Gasteiger charge is 2.31. The molecule has 3 rings (SSSR count). The molecular formula is C12H6N6O4S2. The lowest BCUT2D eigenvalue weighted by molar-refractivity contribution is -0.384. The van der Waals surface area contributed by atoms with Crippen molar-refractivity contribution in [2.45, 2.75) is 0 Å². The van der Waals surface area contributed by atoms with Crippen LogP contribution in [0.25, 0.3) is 0 Å². The number of nitrogens with one attached hydrogen (secondary N) is 1. The van der Waals surface area contributed by atoms with E-state index >= 15 is 0 Å². The van der Waals surface area contributed by atoms with Crippen LogP contribution in [0.5, 0.6) is 0 Å². The lowest BCUT2D eigenvalue weighted by atomic mass is 10.2. The number of nitro groups is 1. The van der Waals surface area contributed by atoms with Gasteiger partial charge in [-0.25, -0.2) is 4.90 Å². The van der Waals surface area contributed by atoms with E-state index < -0.39 is 22.4 Å². The van der Waals surface area contributed by atoms with E-state index in [4.69, 9.17) is 12.2 Å². The predicted molar refractivity (Wildman–Crippen MR) is 86.2 cm³/mol. The van der Waals surface area contributed by atoms with Gasteiger partial charge in [-0.2, -0.15) is 0 Å². The van der Waals surface area contributed by atoms with Gasteiger partial charge in [0.1, 0.15) is 5.69 Å². The minimum absolute atomic E-state index is 0.130. The summed E-state index contributed by atoms with van der Waals surface area (Å²) in [5.41, 5.74) is -0.403. The number of nitro benzene ring substituents is 1. The van der Waals surface area contributed by atoms with Gasteiger partial charge in [-0.1, -0.05) is 11.3 Å². The molecule has 2 amide bonds. The molecule has 1 aliphatic heterocycles. The summed E-state index contributed by atoms with van der Waals surface area (Å²) in [6.07, 6.45) is 2.09. The van der Waals surface area contributed by atoms with E-state index in [1.165, 1.54) is 12.1 Å². The number of H-pyrrole nitrogens is 1. The van der Waals surface area contributed by atoms with Gasteiger partial charge in [0.05, 0.1) is 10.6 Å². The normalized spacial score (nSPS) is 14.1. The summed E-state index contributed by atoms with van der Waals surface area (Å²) in [6, 6.07) is 3.78. The molecule has 2 heterocycles. The fourth-order valence-corrected chi connectivity index (χ4v) is 2.61. The number of aromatic amines is 1. The first kappa shape index (κ1) is 15.8. The van der Waals surface area contributed by atoms with Crippen molar-refractivity contribution in [3.8, 4) is 0 Å². The van der Waals surface area contributed by atoms with Gasteiger partial charge in [0.2, 0.25) is 5.13 Å². The molecule has 0 spiro atoms. The van der Waals surface area contributed by atoms with Crippen LogP contribution in [-0.2, 0) is 9.59 Å². The fraction of sp³-hybridized carbons (Fsp3) is 0. The van der Waals surface area contributed by atoms with E-state index in [-0.39, 0.29) is 16.5 Å². The Kier molecular flexibility index (Phi) is 4.05. The summed E-state index contributed by atoms with van der Waals surface area (Å²) in [5.74, 6) is -1.29. The Hall–Kier alpha value is -3.12. The number of nitrogens with zero attached hydrogens (tertiary/aromatic N) is 5. The summed E-state index contributed by atoms with van der Waals surface area (Å²) < 4.78 is 0.420. The number of imide groups is 1. The first-order valence-corrected chi connectivity index (χ1v) is 7.50. The van der Waals surface area contributed by atoms with Gasteiger partial charge in [0.25, 0.3) is 17.5 Å². The van der Waals surface area contributed by atoms with Crippen molar-refractivity contribution in [3.63, 3.8) is 0 Å². The number of anilines is 1. The lowest BCUT2D eigenvalue weighted by Crippen LogP contribution is -2.30. The molecule has 1 aliphatic rings. The summed E-state index contributed by atoms with van der Waals surface area (Å²) >= 11 is 5.94. The summed E-state index contributed by atoms with van der Waals surface area (Å²) in [7, 11) is 0. The van der Waals surface area contributed by atoms with E-state index in [1.807, 2.05) is 0 Å². The van der Waals surface area contributed by atoms with Crippen molar-refractivity contribution in [2.75, 3.05) is 4.90 Å². The quantitative estimate of drug-likeness (QED) is 0.292. The molecule has 1 aromatic carbocycles. The van der Waals surface area contributed by atoms with Crippen molar-refractivity contribution < 1.29 is 14.5 Å². The van der Waals surface area contributed by atoms with Gasteiger partial charge < -0.3 is 0 Å². The van der Waals surface area contributed by atoms with E-state index in [9.17, 15) is 19.7 Å². The van der Waals surface area contributed by atoms with Crippen LogP contribution >= 0.6 is 23.6 Å². The number of aromatic nitrogens is 2. The molecule has 0 unspecified atom stereocenters. The van der Waals surface area contributed by atoms with Crippen molar-refractivity contribution in [2.24, 2.45) is 10.2 Å². The van der Waals surface area contributed by atoms with E-state index in [2.05, 4.69) is 20.4 Å². The second-order valence-electron chi connectivity index (χ2n) is 4.37. The zero-order valence-corrected chi connectivity index (χ0v) is 13.2. The Morgan fingerprint density at radius 2 is 1.96 bits per heavy atom. The maximum Gasteiger partial charge on any atom is 0.295 e. The van der Waals surface area contributed by atoms with Gasteiger partial charge in [-0.3, -0.25) is 24.8 Å². The van der Waals surface area contributed by atoms with Crippen molar-refractivity contribution >= 4 is 57.6 Å². The molecule has 24 heavy (non-hydrogen) atoms. The van der Waals surface area contributed by atoms with Crippen LogP contribution in [0.4, 0.5) is 22.2 Å². The molecule has 0 saturated carbocycles. The number of benzene rings is 1. The molecule has 2 aromatic rings. The maximum atomic E-state index is 11.7. The lowest BCUT2D eigenvalue weighted by Gasteiger charge is -2.13. The maximum absolute atomic E-state index is 11.7. The molecular weight excluding hydrogens is 356 g/mol. The second-order valence-corrected chi connectivity index (χ2v) is 6.02. The zero-order chi connectivity index (χ0) is 17.3. The van der Waals surface area contributed by atoms with E-state index in [0.29, 0.717) is 3.95 Å². The first-order chi connectivity index (χ1) is 11.5. The average molecular weight is 362 g/mol. The van der Waals surface area contributed by atoms with Gasteiger partial charge >= 0.3 is 0 Å². The Morgan fingerprint density at radius 1 is 1.25 bits per heavy atom.